The molecule has 1 rings (SSSR count). The van der Waals surface area contributed by atoms with Crippen molar-refractivity contribution in [3.05, 3.63) is 28.8 Å². The van der Waals surface area contributed by atoms with E-state index in [4.69, 9.17) is 16.7 Å². The number of nitrogens with zero attached hydrogens (tertiary/aromatic N) is 1. The second kappa shape index (κ2) is 7.31. The zero-order valence-electron chi connectivity index (χ0n) is 12.7. The standard InChI is InChI=1S/C15H21ClN2O3/c1-9(2)8-18(10(3)4)15(21)17-13-6-11(14(19)20)5-12(16)7-13/h5-7,9-10H,8H2,1-4H3,(H,17,21)(H,19,20). The van der Waals surface area contributed by atoms with Crippen LogP contribution in [0.2, 0.25) is 5.02 Å². The highest BCUT2D eigenvalue weighted by molar-refractivity contribution is 6.31. The van der Waals surface area contributed by atoms with Gasteiger partial charge in [0.15, 0.2) is 0 Å². The molecule has 0 unspecified atom stereocenters. The molecule has 0 fully saturated rings. The van der Waals surface area contributed by atoms with Crippen LogP contribution in [0.1, 0.15) is 38.1 Å². The van der Waals surface area contributed by atoms with Gasteiger partial charge in [0.1, 0.15) is 0 Å². The van der Waals surface area contributed by atoms with Crippen molar-refractivity contribution in [1.29, 1.82) is 0 Å². The van der Waals surface area contributed by atoms with Crippen LogP contribution in [-0.2, 0) is 0 Å². The Bertz CT molecular complexity index is 530. The number of amides is 2. The fourth-order valence-corrected chi connectivity index (χ4v) is 2.14. The van der Waals surface area contributed by atoms with Crippen LogP contribution >= 0.6 is 11.6 Å². The molecule has 0 radical (unpaired) electrons. The molecule has 5 nitrogen and oxygen atoms in total. The summed E-state index contributed by atoms with van der Waals surface area (Å²) in [6.45, 7) is 8.55. The number of carbonyl (C=O) groups is 2. The molecule has 2 N–H and O–H groups in total. The molecule has 0 heterocycles. The Morgan fingerprint density at radius 3 is 2.33 bits per heavy atom. The molecule has 0 aliphatic carbocycles. The van der Waals surface area contributed by atoms with E-state index in [1.54, 1.807) is 4.90 Å². The number of anilines is 1. The summed E-state index contributed by atoms with van der Waals surface area (Å²) in [5, 5.41) is 12.0. The smallest absolute Gasteiger partial charge is 0.335 e. The maximum atomic E-state index is 12.3. The number of aromatic carboxylic acids is 1. The minimum Gasteiger partial charge on any atom is -0.478 e. The van der Waals surface area contributed by atoms with Crippen molar-refractivity contribution >= 4 is 29.3 Å². The third kappa shape index (κ3) is 5.27. The van der Waals surface area contributed by atoms with Crippen LogP contribution in [0.4, 0.5) is 10.5 Å². The van der Waals surface area contributed by atoms with Gasteiger partial charge in [0.05, 0.1) is 5.56 Å². The van der Waals surface area contributed by atoms with Gasteiger partial charge < -0.3 is 15.3 Å². The Kier molecular flexibility index (Phi) is 6.03. The fourth-order valence-electron chi connectivity index (χ4n) is 1.90. The average Bonchev–Trinajstić information content (AvgIpc) is 2.34. The van der Waals surface area contributed by atoms with Gasteiger partial charge in [0, 0.05) is 23.3 Å². The van der Waals surface area contributed by atoms with Gasteiger partial charge in [-0.1, -0.05) is 25.4 Å². The topological polar surface area (TPSA) is 69.6 Å². The predicted octanol–water partition coefficient (Wildman–Crippen LogP) is 3.94. The van der Waals surface area contributed by atoms with Gasteiger partial charge in [-0.2, -0.15) is 0 Å². The van der Waals surface area contributed by atoms with Crippen molar-refractivity contribution in [1.82, 2.24) is 4.90 Å². The first-order valence-electron chi connectivity index (χ1n) is 6.82. The minimum atomic E-state index is -1.09. The number of carbonyl (C=O) groups excluding carboxylic acids is 1. The zero-order valence-corrected chi connectivity index (χ0v) is 13.4. The molecule has 0 aliphatic heterocycles. The van der Waals surface area contributed by atoms with Crippen molar-refractivity contribution in [3.63, 3.8) is 0 Å². The van der Waals surface area contributed by atoms with Crippen molar-refractivity contribution in [2.45, 2.75) is 33.7 Å². The van der Waals surface area contributed by atoms with E-state index in [2.05, 4.69) is 5.32 Å². The van der Waals surface area contributed by atoms with Gasteiger partial charge in [0.2, 0.25) is 0 Å². The number of urea groups is 1. The molecule has 0 aliphatic rings. The van der Waals surface area contributed by atoms with Gasteiger partial charge in [-0.15, -0.1) is 0 Å². The van der Waals surface area contributed by atoms with E-state index >= 15 is 0 Å². The number of hydrogen-bond donors (Lipinski definition) is 2. The zero-order chi connectivity index (χ0) is 16.2. The molecule has 0 bridgehead atoms. The number of hydrogen-bond acceptors (Lipinski definition) is 2. The maximum Gasteiger partial charge on any atom is 0.335 e. The van der Waals surface area contributed by atoms with Crippen LogP contribution < -0.4 is 5.32 Å². The lowest BCUT2D eigenvalue weighted by molar-refractivity contribution is 0.0697. The molecule has 0 spiro atoms. The van der Waals surface area contributed by atoms with Gasteiger partial charge in [-0.3, -0.25) is 0 Å². The Hall–Kier alpha value is -1.75. The van der Waals surface area contributed by atoms with Gasteiger partial charge in [-0.25, -0.2) is 9.59 Å². The first kappa shape index (κ1) is 17.3. The van der Waals surface area contributed by atoms with Crippen molar-refractivity contribution in [2.24, 2.45) is 5.92 Å². The van der Waals surface area contributed by atoms with E-state index < -0.39 is 5.97 Å². The molecule has 0 aromatic heterocycles. The number of rotatable bonds is 5. The average molecular weight is 313 g/mol. The summed E-state index contributed by atoms with van der Waals surface area (Å²) in [4.78, 5) is 25.0. The second-order valence-electron chi connectivity index (χ2n) is 5.60. The van der Waals surface area contributed by atoms with Crippen LogP contribution in [-0.4, -0.2) is 34.6 Å². The number of benzene rings is 1. The van der Waals surface area contributed by atoms with Crippen molar-refractivity contribution < 1.29 is 14.7 Å². The Morgan fingerprint density at radius 1 is 1.24 bits per heavy atom. The lowest BCUT2D eigenvalue weighted by Gasteiger charge is -2.28. The number of carboxylic acid groups (broad SMARTS) is 1. The maximum absolute atomic E-state index is 12.3. The summed E-state index contributed by atoms with van der Waals surface area (Å²) in [6.07, 6.45) is 0. The van der Waals surface area contributed by atoms with E-state index in [1.807, 2.05) is 27.7 Å². The third-order valence-electron chi connectivity index (χ3n) is 2.84. The summed E-state index contributed by atoms with van der Waals surface area (Å²) in [6, 6.07) is 4.04. The molecule has 2 amide bonds. The molecule has 0 saturated carbocycles. The van der Waals surface area contributed by atoms with Crippen molar-refractivity contribution in [2.75, 3.05) is 11.9 Å². The fraction of sp³-hybridized carbons (Fsp3) is 0.467. The molecule has 0 saturated heterocycles. The summed E-state index contributed by atoms with van der Waals surface area (Å²) < 4.78 is 0. The second-order valence-corrected chi connectivity index (χ2v) is 6.04. The normalized spacial score (nSPS) is 10.8. The van der Waals surface area contributed by atoms with E-state index in [0.717, 1.165) is 0 Å². The van der Waals surface area contributed by atoms with Crippen LogP contribution in [0, 0.1) is 5.92 Å². The van der Waals surface area contributed by atoms with Crippen molar-refractivity contribution in [3.8, 4) is 0 Å². The van der Waals surface area contributed by atoms with Crippen LogP contribution in [0.3, 0.4) is 0 Å². The number of carboxylic acids is 1. The highest BCUT2D eigenvalue weighted by atomic mass is 35.5. The monoisotopic (exact) mass is 312 g/mol. The van der Waals surface area contributed by atoms with Gasteiger partial charge >= 0.3 is 12.0 Å². The van der Waals surface area contributed by atoms with E-state index in [-0.39, 0.29) is 22.7 Å². The first-order valence-corrected chi connectivity index (χ1v) is 7.20. The van der Waals surface area contributed by atoms with E-state index in [0.29, 0.717) is 18.2 Å². The predicted molar refractivity (Wildman–Crippen MR) is 84.1 cm³/mol. The van der Waals surface area contributed by atoms with Gasteiger partial charge in [0.25, 0.3) is 0 Å². The lowest BCUT2D eigenvalue weighted by atomic mass is 10.2. The summed E-state index contributed by atoms with van der Waals surface area (Å²) in [5.74, 6) is -0.747. The van der Waals surface area contributed by atoms with Crippen LogP contribution in [0.25, 0.3) is 0 Å². The van der Waals surface area contributed by atoms with Crippen LogP contribution in [0.5, 0.6) is 0 Å². The van der Waals surface area contributed by atoms with E-state index in [1.165, 1.54) is 18.2 Å². The molecular formula is C15H21ClN2O3. The highest BCUT2D eigenvalue weighted by Gasteiger charge is 2.18. The van der Waals surface area contributed by atoms with Gasteiger partial charge in [-0.05, 0) is 38.0 Å². The number of nitrogens with one attached hydrogen (secondary N) is 1. The summed E-state index contributed by atoms with van der Waals surface area (Å²) in [5.41, 5.74) is 0.414. The third-order valence-corrected chi connectivity index (χ3v) is 3.06. The molecule has 1 aromatic rings. The largest absolute Gasteiger partial charge is 0.478 e. The molecule has 21 heavy (non-hydrogen) atoms. The van der Waals surface area contributed by atoms with Crippen LogP contribution in [0.15, 0.2) is 18.2 Å². The molecule has 1 aromatic carbocycles. The number of halogens is 1. The lowest BCUT2D eigenvalue weighted by Crippen LogP contribution is -2.42. The Balaban J connectivity index is 2.93. The SMILES string of the molecule is CC(C)CN(C(=O)Nc1cc(Cl)cc(C(=O)O)c1)C(C)C. The Labute approximate surface area is 129 Å². The minimum absolute atomic E-state index is 0.0396. The first-order chi connectivity index (χ1) is 9.70. The highest BCUT2D eigenvalue weighted by Crippen LogP contribution is 2.20. The van der Waals surface area contributed by atoms with E-state index in [9.17, 15) is 9.59 Å². The Morgan fingerprint density at radius 2 is 1.86 bits per heavy atom. The molecular weight excluding hydrogens is 292 g/mol. The quantitative estimate of drug-likeness (QED) is 0.865. The molecule has 0 atom stereocenters. The summed E-state index contributed by atoms with van der Waals surface area (Å²) in [7, 11) is 0. The summed E-state index contributed by atoms with van der Waals surface area (Å²) >= 11 is 5.88. The molecule has 116 valence electrons. The molecule has 6 heteroatoms.